The molecule has 0 bridgehead atoms. The second-order valence-electron chi connectivity index (χ2n) is 4.19. The van der Waals surface area contributed by atoms with Crippen LogP contribution in [-0.2, 0) is 11.3 Å². The number of carbonyl (C=O) groups excluding carboxylic acids is 1. The van der Waals surface area contributed by atoms with Gasteiger partial charge >= 0.3 is 6.09 Å². The summed E-state index contributed by atoms with van der Waals surface area (Å²) in [5.74, 6) is -0.482. The van der Waals surface area contributed by atoms with Gasteiger partial charge < -0.3 is 15.4 Å². The lowest BCUT2D eigenvalue weighted by Gasteiger charge is -2.15. The summed E-state index contributed by atoms with van der Waals surface area (Å²) in [5, 5.41) is 0. The van der Waals surface area contributed by atoms with Crippen molar-refractivity contribution in [2.24, 2.45) is 0 Å². The fourth-order valence-corrected chi connectivity index (χ4v) is 2.23. The molecule has 98 valence electrons. The van der Waals surface area contributed by atoms with Crippen LogP contribution >= 0.6 is 15.9 Å². The normalized spacial score (nSPS) is 14.9. The number of likely N-dealkylation sites (tertiary alicyclic amines) is 1. The monoisotopic (exact) mass is 316 g/mol. The van der Waals surface area contributed by atoms with Crippen molar-refractivity contribution in [2.75, 3.05) is 18.8 Å². The second kappa shape index (κ2) is 5.56. The Labute approximate surface area is 113 Å². The third-order valence-electron chi connectivity index (χ3n) is 2.91. The van der Waals surface area contributed by atoms with Crippen molar-refractivity contribution in [1.82, 2.24) is 4.90 Å². The van der Waals surface area contributed by atoms with Crippen molar-refractivity contribution in [1.29, 1.82) is 0 Å². The number of nitrogen functional groups attached to an aromatic ring is 1. The molecule has 0 atom stereocenters. The first kappa shape index (κ1) is 13.1. The summed E-state index contributed by atoms with van der Waals surface area (Å²) in [4.78, 5) is 13.3. The number of nitrogens with zero attached hydrogens (tertiary/aromatic N) is 1. The maximum Gasteiger partial charge on any atom is 0.410 e. The van der Waals surface area contributed by atoms with Crippen LogP contribution in [0.25, 0.3) is 0 Å². The minimum Gasteiger partial charge on any atom is -0.444 e. The van der Waals surface area contributed by atoms with Gasteiger partial charge in [-0.2, -0.15) is 0 Å². The van der Waals surface area contributed by atoms with Crippen LogP contribution < -0.4 is 5.73 Å². The van der Waals surface area contributed by atoms with E-state index >= 15 is 0 Å². The summed E-state index contributed by atoms with van der Waals surface area (Å²) >= 11 is 3.05. The van der Waals surface area contributed by atoms with Crippen LogP contribution in [0.5, 0.6) is 0 Å². The zero-order valence-electron chi connectivity index (χ0n) is 9.79. The lowest BCUT2D eigenvalue weighted by Crippen LogP contribution is -2.28. The van der Waals surface area contributed by atoms with Gasteiger partial charge in [0.2, 0.25) is 0 Å². The van der Waals surface area contributed by atoms with Crippen LogP contribution in [0.15, 0.2) is 16.6 Å². The predicted octanol–water partition coefficient (Wildman–Crippen LogP) is 2.90. The average molecular weight is 317 g/mol. The van der Waals surface area contributed by atoms with E-state index < -0.39 is 5.82 Å². The highest BCUT2D eigenvalue weighted by Gasteiger charge is 2.20. The summed E-state index contributed by atoms with van der Waals surface area (Å²) < 4.78 is 19.0. The topological polar surface area (TPSA) is 55.6 Å². The van der Waals surface area contributed by atoms with Gasteiger partial charge in [-0.3, -0.25) is 0 Å². The third kappa shape index (κ3) is 2.75. The van der Waals surface area contributed by atoms with E-state index in [0.29, 0.717) is 24.3 Å². The van der Waals surface area contributed by atoms with Crippen molar-refractivity contribution >= 4 is 27.7 Å². The molecular weight excluding hydrogens is 303 g/mol. The van der Waals surface area contributed by atoms with E-state index in [1.165, 1.54) is 6.07 Å². The van der Waals surface area contributed by atoms with Crippen molar-refractivity contribution in [2.45, 2.75) is 19.4 Å². The van der Waals surface area contributed by atoms with Gasteiger partial charge in [0.1, 0.15) is 12.4 Å². The average Bonchev–Trinajstić information content (AvgIpc) is 2.89. The molecule has 1 saturated heterocycles. The Morgan fingerprint density at radius 3 is 2.78 bits per heavy atom. The first-order valence-corrected chi connectivity index (χ1v) is 6.53. The smallest absolute Gasteiger partial charge is 0.410 e. The highest BCUT2D eigenvalue weighted by molar-refractivity contribution is 9.10. The lowest BCUT2D eigenvalue weighted by atomic mass is 10.2. The number of benzene rings is 1. The summed E-state index contributed by atoms with van der Waals surface area (Å²) in [6.45, 7) is 1.35. The van der Waals surface area contributed by atoms with Gasteiger partial charge in [0.15, 0.2) is 0 Å². The number of amides is 1. The maximum atomic E-state index is 13.8. The predicted molar refractivity (Wildman–Crippen MR) is 69.5 cm³/mol. The summed E-state index contributed by atoms with van der Waals surface area (Å²) in [7, 11) is 0. The molecule has 0 saturated carbocycles. The van der Waals surface area contributed by atoms with Crippen LogP contribution in [0.2, 0.25) is 0 Å². The molecule has 1 heterocycles. The Balaban J connectivity index is 1.98. The van der Waals surface area contributed by atoms with Gasteiger partial charge in [0.05, 0.1) is 4.47 Å². The first-order chi connectivity index (χ1) is 8.59. The number of hydrogen-bond donors (Lipinski definition) is 1. The number of halogens is 2. The molecule has 1 aromatic carbocycles. The van der Waals surface area contributed by atoms with Gasteiger partial charge in [-0.15, -0.1) is 0 Å². The fraction of sp³-hybridized carbons (Fsp3) is 0.417. The van der Waals surface area contributed by atoms with E-state index in [2.05, 4.69) is 15.9 Å². The van der Waals surface area contributed by atoms with Gasteiger partial charge in [0.25, 0.3) is 0 Å². The van der Waals surface area contributed by atoms with Gasteiger partial charge in [-0.05, 0) is 34.8 Å². The molecule has 1 amide bonds. The van der Waals surface area contributed by atoms with Crippen molar-refractivity contribution in [3.8, 4) is 0 Å². The Hall–Kier alpha value is -1.30. The van der Waals surface area contributed by atoms with E-state index in [-0.39, 0.29) is 17.2 Å². The van der Waals surface area contributed by atoms with E-state index in [1.54, 1.807) is 11.0 Å². The molecule has 1 aliphatic heterocycles. The fourth-order valence-electron chi connectivity index (χ4n) is 1.85. The summed E-state index contributed by atoms with van der Waals surface area (Å²) in [6, 6.07) is 3.10. The standard InChI is InChI=1S/C12H14BrFN2O2/c13-10-9(15)4-3-8(11(10)14)7-18-12(17)16-5-1-2-6-16/h3-4H,1-2,5-7,15H2. The van der Waals surface area contributed by atoms with Crippen LogP contribution in [0.3, 0.4) is 0 Å². The number of anilines is 1. The number of carbonyl (C=O) groups is 1. The molecule has 0 spiro atoms. The Morgan fingerprint density at radius 2 is 2.11 bits per heavy atom. The molecule has 1 fully saturated rings. The van der Waals surface area contributed by atoms with Crippen molar-refractivity contribution in [3.63, 3.8) is 0 Å². The highest BCUT2D eigenvalue weighted by Crippen LogP contribution is 2.26. The molecular formula is C12H14BrFN2O2. The molecule has 0 unspecified atom stereocenters. The molecule has 6 heteroatoms. The van der Waals surface area contributed by atoms with Crippen LogP contribution in [0.4, 0.5) is 14.9 Å². The summed E-state index contributed by atoms with van der Waals surface area (Å²) in [6.07, 6.45) is 1.60. The van der Waals surface area contributed by atoms with E-state index in [0.717, 1.165) is 12.8 Å². The minimum absolute atomic E-state index is 0.0833. The molecule has 0 aliphatic carbocycles. The highest BCUT2D eigenvalue weighted by atomic mass is 79.9. The Kier molecular flexibility index (Phi) is 4.06. The molecule has 1 aromatic rings. The van der Waals surface area contributed by atoms with Crippen LogP contribution in [-0.4, -0.2) is 24.1 Å². The molecule has 2 N–H and O–H groups in total. The SMILES string of the molecule is Nc1ccc(COC(=O)N2CCCC2)c(F)c1Br. The zero-order valence-corrected chi connectivity index (χ0v) is 11.4. The Bertz CT molecular complexity index is 462. The molecule has 18 heavy (non-hydrogen) atoms. The second-order valence-corrected chi connectivity index (χ2v) is 4.98. The molecule has 1 aliphatic rings. The number of nitrogens with two attached hydrogens (primary N) is 1. The molecule has 0 radical (unpaired) electrons. The van der Waals surface area contributed by atoms with Gasteiger partial charge in [-0.1, -0.05) is 6.07 Å². The van der Waals surface area contributed by atoms with E-state index in [9.17, 15) is 9.18 Å². The first-order valence-electron chi connectivity index (χ1n) is 5.73. The number of ether oxygens (including phenoxy) is 1. The number of rotatable bonds is 2. The third-order valence-corrected chi connectivity index (χ3v) is 3.71. The van der Waals surface area contributed by atoms with E-state index in [1.807, 2.05) is 0 Å². The van der Waals surface area contributed by atoms with Crippen molar-refractivity contribution in [3.05, 3.63) is 28.0 Å². The van der Waals surface area contributed by atoms with E-state index in [4.69, 9.17) is 10.5 Å². The molecule has 2 rings (SSSR count). The summed E-state index contributed by atoms with van der Waals surface area (Å²) in [5.41, 5.74) is 6.17. The van der Waals surface area contributed by atoms with Gasteiger partial charge in [-0.25, -0.2) is 9.18 Å². The molecule has 0 aromatic heterocycles. The Morgan fingerprint density at radius 1 is 1.44 bits per heavy atom. The van der Waals surface area contributed by atoms with Crippen molar-refractivity contribution < 1.29 is 13.9 Å². The van der Waals surface area contributed by atoms with Crippen LogP contribution in [0.1, 0.15) is 18.4 Å². The van der Waals surface area contributed by atoms with Crippen LogP contribution in [0, 0.1) is 5.82 Å². The minimum atomic E-state index is -0.482. The number of hydrogen-bond acceptors (Lipinski definition) is 3. The molecule has 4 nitrogen and oxygen atoms in total. The van der Waals surface area contributed by atoms with Gasteiger partial charge in [0, 0.05) is 24.3 Å². The largest absolute Gasteiger partial charge is 0.444 e. The lowest BCUT2D eigenvalue weighted by molar-refractivity contribution is 0.103. The zero-order chi connectivity index (χ0) is 13.1. The quantitative estimate of drug-likeness (QED) is 0.853. The maximum absolute atomic E-state index is 13.8.